The molecule has 13 heteroatoms. The zero-order valence-electron chi connectivity index (χ0n) is 18.6. The van der Waals surface area contributed by atoms with Gasteiger partial charge >= 0.3 is 5.97 Å². The zero-order chi connectivity index (χ0) is 23.3. The van der Waals surface area contributed by atoms with E-state index in [1.807, 2.05) is 11.5 Å². The van der Waals surface area contributed by atoms with Gasteiger partial charge in [0.05, 0.1) is 32.3 Å². The minimum atomic E-state index is -2.19. The van der Waals surface area contributed by atoms with Gasteiger partial charge in [-0.15, -0.1) is 0 Å². The number of fused-ring (bicyclic) bond motifs is 1. The van der Waals surface area contributed by atoms with Crippen molar-refractivity contribution >= 4 is 42.9 Å². The van der Waals surface area contributed by atoms with Crippen molar-refractivity contribution in [2.45, 2.75) is 58.2 Å². The van der Waals surface area contributed by atoms with Crippen molar-refractivity contribution in [3.8, 4) is 0 Å². The van der Waals surface area contributed by atoms with Gasteiger partial charge in [0.2, 0.25) is 19.0 Å². The van der Waals surface area contributed by atoms with E-state index in [2.05, 4.69) is 20.3 Å². The highest BCUT2D eigenvalue weighted by molar-refractivity contribution is 7.49. The van der Waals surface area contributed by atoms with Gasteiger partial charge < -0.3 is 28.9 Å². The maximum atomic E-state index is 12.4. The highest BCUT2D eigenvalue weighted by Crippen LogP contribution is 2.49. The second-order valence-corrected chi connectivity index (χ2v) is 9.19. The number of carbonyl (C=O) groups excluding carboxylic acids is 1. The SMILES string of the molecule is CCNc1nc(Cl)nc2c1ncn2C1CCC(CO[C@](C)(C(=O)OCC)P(O)OCC)O1. The summed E-state index contributed by atoms with van der Waals surface area (Å²) in [5.74, 6) is -0.101. The molecule has 1 saturated heterocycles. The molecule has 3 rings (SSSR count). The lowest BCUT2D eigenvalue weighted by Crippen LogP contribution is -2.40. The summed E-state index contributed by atoms with van der Waals surface area (Å²) in [5, 5.41) is 1.64. The largest absolute Gasteiger partial charge is 0.463 e. The molecule has 3 heterocycles. The van der Waals surface area contributed by atoms with Crippen LogP contribution in [0, 0.1) is 0 Å². The van der Waals surface area contributed by atoms with Crippen molar-refractivity contribution in [1.82, 2.24) is 19.5 Å². The van der Waals surface area contributed by atoms with Crippen molar-refractivity contribution in [3.05, 3.63) is 11.6 Å². The Bertz CT molecular complexity index is 933. The topological polar surface area (TPSA) is 130 Å². The molecule has 0 bridgehead atoms. The third-order valence-electron chi connectivity index (χ3n) is 4.95. The molecular weight excluding hydrogens is 461 g/mol. The lowest BCUT2D eigenvalue weighted by atomic mass is 10.2. The number of rotatable bonds is 11. The molecule has 1 aliphatic rings. The van der Waals surface area contributed by atoms with E-state index in [1.165, 1.54) is 6.92 Å². The Morgan fingerprint density at radius 2 is 2.16 bits per heavy atom. The Labute approximate surface area is 192 Å². The van der Waals surface area contributed by atoms with E-state index in [0.29, 0.717) is 36.4 Å². The number of esters is 1. The van der Waals surface area contributed by atoms with Crippen LogP contribution in [0.2, 0.25) is 5.28 Å². The monoisotopic (exact) mass is 489 g/mol. The molecule has 3 unspecified atom stereocenters. The number of imidazole rings is 1. The van der Waals surface area contributed by atoms with Crippen LogP contribution in [0.4, 0.5) is 5.82 Å². The summed E-state index contributed by atoms with van der Waals surface area (Å²) in [6, 6.07) is 0. The smallest absolute Gasteiger partial charge is 0.347 e. The highest BCUT2D eigenvalue weighted by atomic mass is 35.5. The van der Waals surface area contributed by atoms with E-state index in [0.717, 1.165) is 0 Å². The van der Waals surface area contributed by atoms with Crippen LogP contribution in [0.15, 0.2) is 6.33 Å². The van der Waals surface area contributed by atoms with Crippen LogP contribution < -0.4 is 5.32 Å². The van der Waals surface area contributed by atoms with Gasteiger partial charge in [0.15, 0.2) is 17.0 Å². The van der Waals surface area contributed by atoms with Gasteiger partial charge in [0.1, 0.15) is 6.23 Å². The van der Waals surface area contributed by atoms with Crippen LogP contribution in [-0.2, 0) is 23.5 Å². The predicted octanol–water partition coefficient (Wildman–Crippen LogP) is 3.23. The average molecular weight is 490 g/mol. The molecule has 0 radical (unpaired) electrons. The first kappa shape index (κ1) is 25.0. The van der Waals surface area contributed by atoms with Crippen molar-refractivity contribution in [3.63, 3.8) is 0 Å². The number of anilines is 1. The summed E-state index contributed by atoms with van der Waals surface area (Å²) < 4.78 is 24.1. The molecule has 0 aliphatic carbocycles. The Morgan fingerprint density at radius 3 is 2.84 bits per heavy atom. The highest BCUT2D eigenvalue weighted by Gasteiger charge is 2.46. The molecule has 1 fully saturated rings. The quantitative estimate of drug-likeness (QED) is 0.275. The fourth-order valence-electron chi connectivity index (χ4n) is 3.36. The summed E-state index contributed by atoms with van der Waals surface area (Å²) in [5.41, 5.74) is 1.18. The van der Waals surface area contributed by atoms with Crippen molar-refractivity contribution in [2.75, 3.05) is 31.7 Å². The van der Waals surface area contributed by atoms with Gasteiger partial charge in [-0.3, -0.25) is 4.57 Å². The molecular formula is C19H29ClN5O6P. The maximum absolute atomic E-state index is 12.4. The second kappa shape index (κ2) is 11.0. The van der Waals surface area contributed by atoms with Crippen LogP contribution in [0.3, 0.4) is 0 Å². The lowest BCUT2D eigenvalue weighted by Gasteiger charge is -2.31. The number of nitrogens with zero attached hydrogens (tertiary/aromatic N) is 4. The first-order valence-corrected chi connectivity index (χ1v) is 12.2. The average Bonchev–Trinajstić information content (AvgIpc) is 3.39. The number of nitrogens with one attached hydrogen (secondary N) is 1. The molecule has 0 saturated carbocycles. The molecule has 0 aromatic carbocycles. The number of ether oxygens (including phenoxy) is 3. The van der Waals surface area contributed by atoms with Crippen molar-refractivity contribution in [2.24, 2.45) is 0 Å². The van der Waals surface area contributed by atoms with E-state index in [9.17, 15) is 9.69 Å². The molecule has 4 atom stereocenters. The normalized spacial score (nSPS) is 21.4. The molecule has 2 N–H and O–H groups in total. The van der Waals surface area contributed by atoms with Gasteiger partial charge in [0, 0.05) is 6.54 Å². The maximum Gasteiger partial charge on any atom is 0.347 e. The standard InChI is InChI=1S/C19H29ClN5O6P/c1-5-21-15-14-16(24-18(20)23-15)25(11-22-14)13-9-8-12(31-13)10-29-19(4,17(26)28-6-2)32(27)30-7-3/h11-13,27H,5-10H2,1-4H3,(H,21,23,24)/t12?,13?,19-,32?/m0/s1. The summed E-state index contributed by atoms with van der Waals surface area (Å²) in [6.45, 7) is 8.02. The molecule has 2 aromatic heterocycles. The van der Waals surface area contributed by atoms with Gasteiger partial charge in [-0.25, -0.2) is 9.78 Å². The first-order chi connectivity index (χ1) is 15.3. The summed E-state index contributed by atoms with van der Waals surface area (Å²) in [6.07, 6.45) is 2.38. The van der Waals surface area contributed by atoms with Crippen LogP contribution in [-0.4, -0.2) is 68.2 Å². The van der Waals surface area contributed by atoms with Gasteiger partial charge in [0.25, 0.3) is 0 Å². The van der Waals surface area contributed by atoms with Crippen LogP contribution in [0.5, 0.6) is 0 Å². The number of halogens is 1. The Hall–Kier alpha value is -1.62. The third kappa shape index (κ3) is 5.30. The number of aromatic nitrogens is 4. The second-order valence-electron chi connectivity index (χ2n) is 7.19. The van der Waals surface area contributed by atoms with Crippen molar-refractivity contribution < 1.29 is 28.4 Å². The summed E-state index contributed by atoms with van der Waals surface area (Å²) in [7, 11) is -2.19. The van der Waals surface area contributed by atoms with E-state index >= 15 is 0 Å². The lowest BCUT2D eigenvalue weighted by molar-refractivity contribution is -0.164. The molecule has 32 heavy (non-hydrogen) atoms. The van der Waals surface area contributed by atoms with Crippen LogP contribution in [0.1, 0.15) is 46.8 Å². The van der Waals surface area contributed by atoms with Gasteiger partial charge in [-0.1, -0.05) is 0 Å². The Balaban J connectivity index is 1.71. The zero-order valence-corrected chi connectivity index (χ0v) is 20.2. The minimum absolute atomic E-state index is 0.0866. The molecule has 11 nitrogen and oxygen atoms in total. The Morgan fingerprint density at radius 1 is 1.38 bits per heavy atom. The summed E-state index contributed by atoms with van der Waals surface area (Å²) >= 11 is 6.09. The fourth-order valence-corrected chi connectivity index (χ4v) is 4.42. The van der Waals surface area contributed by atoms with Crippen LogP contribution >= 0.6 is 20.0 Å². The van der Waals surface area contributed by atoms with Crippen molar-refractivity contribution in [1.29, 1.82) is 0 Å². The minimum Gasteiger partial charge on any atom is -0.463 e. The third-order valence-corrected chi connectivity index (χ3v) is 6.67. The summed E-state index contributed by atoms with van der Waals surface area (Å²) in [4.78, 5) is 35.8. The van der Waals surface area contributed by atoms with Crippen LogP contribution in [0.25, 0.3) is 11.2 Å². The van der Waals surface area contributed by atoms with Gasteiger partial charge in [-0.2, -0.15) is 9.97 Å². The Kier molecular flexibility index (Phi) is 8.60. The first-order valence-electron chi connectivity index (χ1n) is 10.6. The molecule has 0 spiro atoms. The van der Waals surface area contributed by atoms with E-state index in [1.54, 1.807) is 20.2 Å². The molecule has 0 amide bonds. The predicted molar refractivity (Wildman–Crippen MR) is 119 cm³/mol. The number of hydrogen-bond acceptors (Lipinski definition) is 10. The number of hydrogen-bond donors (Lipinski definition) is 2. The molecule has 1 aliphatic heterocycles. The number of carbonyl (C=O) groups is 1. The molecule has 178 valence electrons. The van der Waals surface area contributed by atoms with E-state index in [-0.39, 0.29) is 37.4 Å². The van der Waals surface area contributed by atoms with Gasteiger partial charge in [-0.05, 0) is 52.1 Å². The van der Waals surface area contributed by atoms with E-state index in [4.69, 9.17) is 30.3 Å². The fraction of sp³-hybridized carbons (Fsp3) is 0.684. The van der Waals surface area contributed by atoms with E-state index < -0.39 is 19.7 Å². The molecule has 2 aromatic rings.